The molecule has 1 nitrogen and oxygen atoms in total. The van der Waals surface area contributed by atoms with Crippen LogP contribution in [0, 0.1) is 0 Å². The monoisotopic (exact) mass is 189 g/mol. The van der Waals surface area contributed by atoms with Gasteiger partial charge >= 0.3 is 0 Å². The summed E-state index contributed by atoms with van der Waals surface area (Å²) in [6.07, 6.45) is 1.25. The molecule has 0 radical (unpaired) electrons. The molecule has 0 aromatic heterocycles. The Bertz CT molecular complexity index is 302. The van der Waals surface area contributed by atoms with E-state index in [0.717, 1.165) is 0 Å². The molecule has 0 unspecified atom stereocenters. The van der Waals surface area contributed by atoms with Crippen molar-refractivity contribution in [3.05, 3.63) is 35.9 Å². The molecular weight excluding hydrogens is 170 g/mol. The van der Waals surface area contributed by atoms with Crippen molar-refractivity contribution in [2.24, 2.45) is 0 Å². The van der Waals surface area contributed by atoms with Crippen molar-refractivity contribution in [1.29, 1.82) is 0 Å². The molecule has 1 aliphatic heterocycles. The molecule has 1 heteroatoms. The van der Waals surface area contributed by atoms with E-state index in [-0.39, 0.29) is 5.54 Å². The van der Waals surface area contributed by atoms with Gasteiger partial charge in [0.25, 0.3) is 0 Å². The molecular formula is C13H19N. The van der Waals surface area contributed by atoms with Crippen LogP contribution in [0.3, 0.4) is 0 Å². The molecule has 14 heavy (non-hydrogen) atoms. The van der Waals surface area contributed by atoms with Crippen molar-refractivity contribution in [1.82, 2.24) is 5.32 Å². The molecule has 1 saturated heterocycles. The third kappa shape index (κ3) is 1.69. The van der Waals surface area contributed by atoms with Crippen LogP contribution in [0.2, 0.25) is 0 Å². The molecule has 76 valence electrons. The Morgan fingerprint density at radius 1 is 1.21 bits per heavy atom. The highest BCUT2D eigenvalue weighted by atomic mass is 15.0. The minimum absolute atomic E-state index is 0.237. The highest BCUT2D eigenvalue weighted by molar-refractivity contribution is 5.25. The molecule has 0 saturated carbocycles. The van der Waals surface area contributed by atoms with E-state index in [1.54, 1.807) is 0 Å². The summed E-state index contributed by atoms with van der Waals surface area (Å²) in [5.41, 5.74) is 1.70. The zero-order chi connectivity index (χ0) is 10.2. The Morgan fingerprint density at radius 3 is 2.36 bits per heavy atom. The lowest BCUT2D eigenvalue weighted by molar-refractivity contribution is 0.400. The smallest absolute Gasteiger partial charge is 0.0196 e. The Hall–Kier alpha value is -0.820. The van der Waals surface area contributed by atoms with Crippen molar-refractivity contribution in [3.8, 4) is 0 Å². The maximum atomic E-state index is 3.64. The van der Waals surface area contributed by atoms with Crippen molar-refractivity contribution in [2.45, 2.75) is 44.7 Å². The minimum Gasteiger partial charge on any atom is -0.309 e. The summed E-state index contributed by atoms with van der Waals surface area (Å²) in [5.74, 6) is 0.652. The maximum Gasteiger partial charge on any atom is 0.0196 e. The van der Waals surface area contributed by atoms with Gasteiger partial charge in [0.05, 0.1) is 0 Å². The van der Waals surface area contributed by atoms with Crippen LogP contribution in [-0.4, -0.2) is 11.6 Å². The van der Waals surface area contributed by atoms with E-state index >= 15 is 0 Å². The third-order valence-corrected chi connectivity index (χ3v) is 3.28. The van der Waals surface area contributed by atoms with Crippen LogP contribution < -0.4 is 5.32 Å². The predicted octanol–water partition coefficient (Wildman–Crippen LogP) is 2.93. The fourth-order valence-electron chi connectivity index (χ4n) is 2.68. The SMILES string of the molecule is C[C@H]1C[C@@H](c2ccccc2)C(C)(C)N1. The predicted molar refractivity (Wildman–Crippen MR) is 60.5 cm³/mol. The van der Waals surface area contributed by atoms with Crippen LogP contribution in [0.25, 0.3) is 0 Å². The first-order valence-electron chi connectivity index (χ1n) is 5.42. The average molecular weight is 189 g/mol. The molecule has 1 aliphatic rings. The largest absolute Gasteiger partial charge is 0.309 e. The van der Waals surface area contributed by atoms with Crippen LogP contribution in [0.15, 0.2) is 30.3 Å². The first-order valence-corrected chi connectivity index (χ1v) is 5.42. The number of rotatable bonds is 1. The molecule has 1 heterocycles. The first-order chi connectivity index (χ1) is 6.59. The summed E-state index contributed by atoms with van der Waals surface area (Å²) in [6.45, 7) is 6.87. The van der Waals surface area contributed by atoms with Crippen molar-refractivity contribution in [3.63, 3.8) is 0 Å². The molecule has 0 aliphatic carbocycles. The Morgan fingerprint density at radius 2 is 1.86 bits per heavy atom. The second-order valence-electron chi connectivity index (χ2n) is 4.97. The molecule has 1 N–H and O–H groups in total. The molecule has 0 spiro atoms. The maximum absolute atomic E-state index is 3.64. The van der Waals surface area contributed by atoms with Crippen LogP contribution in [0.4, 0.5) is 0 Å². The van der Waals surface area contributed by atoms with Gasteiger partial charge in [0.15, 0.2) is 0 Å². The lowest BCUT2D eigenvalue weighted by atomic mass is 9.83. The average Bonchev–Trinajstić information content (AvgIpc) is 2.41. The van der Waals surface area contributed by atoms with Crippen molar-refractivity contribution >= 4 is 0 Å². The van der Waals surface area contributed by atoms with Crippen LogP contribution in [0.5, 0.6) is 0 Å². The van der Waals surface area contributed by atoms with Gasteiger partial charge in [-0.25, -0.2) is 0 Å². The third-order valence-electron chi connectivity index (χ3n) is 3.28. The van der Waals surface area contributed by atoms with E-state index in [2.05, 4.69) is 56.4 Å². The van der Waals surface area contributed by atoms with E-state index in [4.69, 9.17) is 0 Å². The minimum atomic E-state index is 0.237. The van der Waals surface area contributed by atoms with Gasteiger partial charge in [-0.15, -0.1) is 0 Å². The van der Waals surface area contributed by atoms with Gasteiger partial charge in [-0.05, 0) is 32.8 Å². The number of benzene rings is 1. The fraction of sp³-hybridized carbons (Fsp3) is 0.538. The second kappa shape index (κ2) is 3.39. The number of hydrogen-bond acceptors (Lipinski definition) is 1. The van der Waals surface area contributed by atoms with Gasteiger partial charge in [-0.3, -0.25) is 0 Å². The number of hydrogen-bond donors (Lipinski definition) is 1. The fourth-order valence-corrected chi connectivity index (χ4v) is 2.68. The van der Waals surface area contributed by atoms with Gasteiger partial charge in [-0.2, -0.15) is 0 Å². The Labute approximate surface area is 86.5 Å². The molecule has 2 rings (SSSR count). The summed E-state index contributed by atoms with van der Waals surface area (Å²) in [6, 6.07) is 11.5. The quantitative estimate of drug-likeness (QED) is 0.716. The zero-order valence-corrected chi connectivity index (χ0v) is 9.25. The second-order valence-corrected chi connectivity index (χ2v) is 4.97. The standard InChI is InChI=1S/C13H19N/c1-10-9-12(13(2,3)14-10)11-7-5-4-6-8-11/h4-8,10,12,14H,9H2,1-3H3/t10-,12-/m0/s1. The lowest BCUT2D eigenvalue weighted by Crippen LogP contribution is -2.39. The van der Waals surface area contributed by atoms with Gasteiger partial charge < -0.3 is 5.32 Å². The molecule has 0 bridgehead atoms. The molecule has 1 aromatic rings. The van der Waals surface area contributed by atoms with Gasteiger partial charge in [0, 0.05) is 17.5 Å². The van der Waals surface area contributed by atoms with Crippen molar-refractivity contribution in [2.75, 3.05) is 0 Å². The summed E-state index contributed by atoms with van der Waals surface area (Å²) in [7, 11) is 0. The number of nitrogens with one attached hydrogen (secondary N) is 1. The van der Waals surface area contributed by atoms with Crippen LogP contribution in [0.1, 0.15) is 38.7 Å². The summed E-state index contributed by atoms with van der Waals surface area (Å²) < 4.78 is 0. The Balaban J connectivity index is 2.27. The van der Waals surface area contributed by atoms with E-state index in [1.807, 2.05) is 0 Å². The van der Waals surface area contributed by atoms with E-state index in [1.165, 1.54) is 12.0 Å². The Kier molecular flexibility index (Phi) is 2.36. The summed E-state index contributed by atoms with van der Waals surface area (Å²) in [5, 5.41) is 3.64. The molecule has 2 atom stereocenters. The molecule has 1 aromatic carbocycles. The topological polar surface area (TPSA) is 12.0 Å². The highest BCUT2D eigenvalue weighted by Crippen LogP contribution is 2.37. The van der Waals surface area contributed by atoms with Crippen LogP contribution >= 0.6 is 0 Å². The van der Waals surface area contributed by atoms with Gasteiger partial charge in [0.2, 0.25) is 0 Å². The van der Waals surface area contributed by atoms with Crippen molar-refractivity contribution < 1.29 is 0 Å². The molecule has 1 fully saturated rings. The summed E-state index contributed by atoms with van der Waals surface area (Å²) in [4.78, 5) is 0. The highest BCUT2D eigenvalue weighted by Gasteiger charge is 2.38. The van der Waals surface area contributed by atoms with E-state index in [9.17, 15) is 0 Å². The van der Waals surface area contributed by atoms with Gasteiger partial charge in [-0.1, -0.05) is 30.3 Å². The molecule has 0 amide bonds. The first kappa shape index (κ1) is 9.72. The van der Waals surface area contributed by atoms with E-state index < -0.39 is 0 Å². The summed E-state index contributed by atoms with van der Waals surface area (Å²) >= 11 is 0. The lowest BCUT2D eigenvalue weighted by Gasteiger charge is -2.27. The van der Waals surface area contributed by atoms with Gasteiger partial charge in [0.1, 0.15) is 0 Å². The zero-order valence-electron chi connectivity index (χ0n) is 9.25. The van der Waals surface area contributed by atoms with E-state index in [0.29, 0.717) is 12.0 Å². The normalized spacial score (nSPS) is 30.5. The van der Waals surface area contributed by atoms with Crippen LogP contribution in [-0.2, 0) is 0 Å².